The normalized spacial score (nSPS) is 19.3. The molecule has 2 aliphatic heterocycles. The predicted molar refractivity (Wildman–Crippen MR) is 102 cm³/mol. The SMILES string of the molecule is CN1C2=C(CN(C(=O)C(CO)c3ccccc3)C2)C1c1ccc(C(=O)O)cn1. The first-order valence-electron chi connectivity index (χ1n) is 9.10. The molecule has 144 valence electrons. The zero-order valence-corrected chi connectivity index (χ0v) is 15.4. The number of amides is 1. The number of likely N-dealkylation sites (N-methyl/N-ethyl adjacent to an activating group) is 1. The van der Waals surface area contributed by atoms with Crippen LogP contribution in [0.1, 0.15) is 33.6 Å². The Morgan fingerprint density at radius 2 is 1.93 bits per heavy atom. The number of aliphatic hydroxyl groups is 1. The molecule has 2 aliphatic rings. The topological polar surface area (TPSA) is 94.0 Å². The summed E-state index contributed by atoms with van der Waals surface area (Å²) >= 11 is 0. The van der Waals surface area contributed by atoms with Gasteiger partial charge < -0.3 is 20.0 Å². The summed E-state index contributed by atoms with van der Waals surface area (Å²) < 4.78 is 0. The molecule has 1 amide bonds. The Balaban J connectivity index is 1.50. The van der Waals surface area contributed by atoms with Crippen LogP contribution < -0.4 is 0 Å². The van der Waals surface area contributed by atoms with E-state index in [2.05, 4.69) is 9.88 Å². The van der Waals surface area contributed by atoms with Gasteiger partial charge >= 0.3 is 5.97 Å². The molecule has 2 unspecified atom stereocenters. The van der Waals surface area contributed by atoms with E-state index in [-0.39, 0.29) is 24.1 Å². The van der Waals surface area contributed by atoms with Crippen LogP contribution in [0, 0.1) is 0 Å². The van der Waals surface area contributed by atoms with Crippen LogP contribution in [0.15, 0.2) is 59.9 Å². The second-order valence-corrected chi connectivity index (χ2v) is 7.10. The fraction of sp³-hybridized carbons (Fsp3) is 0.286. The highest BCUT2D eigenvalue weighted by Gasteiger charge is 2.44. The third-order valence-electron chi connectivity index (χ3n) is 5.52. The van der Waals surface area contributed by atoms with Gasteiger partial charge in [0.05, 0.1) is 36.4 Å². The summed E-state index contributed by atoms with van der Waals surface area (Å²) in [6.07, 6.45) is 1.36. The zero-order valence-electron chi connectivity index (χ0n) is 15.4. The van der Waals surface area contributed by atoms with Crippen molar-refractivity contribution in [3.05, 3.63) is 76.8 Å². The molecule has 1 aromatic carbocycles. The van der Waals surface area contributed by atoms with Crippen molar-refractivity contribution in [2.24, 2.45) is 0 Å². The Hall–Kier alpha value is -3.19. The Labute approximate surface area is 162 Å². The lowest BCUT2D eigenvalue weighted by Gasteiger charge is -2.40. The number of aliphatic hydroxyl groups excluding tert-OH is 1. The van der Waals surface area contributed by atoms with Gasteiger partial charge in [0.2, 0.25) is 5.91 Å². The second kappa shape index (κ2) is 7.09. The molecule has 0 radical (unpaired) electrons. The summed E-state index contributed by atoms with van der Waals surface area (Å²) in [4.78, 5) is 32.2. The molecule has 2 aromatic rings. The van der Waals surface area contributed by atoms with Crippen LogP contribution in [-0.4, -0.2) is 63.6 Å². The highest BCUT2D eigenvalue weighted by molar-refractivity contribution is 5.87. The van der Waals surface area contributed by atoms with Crippen molar-refractivity contribution in [3.63, 3.8) is 0 Å². The monoisotopic (exact) mass is 379 g/mol. The molecule has 0 saturated heterocycles. The first kappa shape index (κ1) is 18.2. The van der Waals surface area contributed by atoms with Gasteiger partial charge in [0, 0.05) is 25.5 Å². The molecule has 2 atom stereocenters. The minimum atomic E-state index is -1.01. The third-order valence-corrected chi connectivity index (χ3v) is 5.52. The maximum absolute atomic E-state index is 13.0. The number of pyridine rings is 1. The summed E-state index contributed by atoms with van der Waals surface area (Å²) in [5, 5.41) is 18.8. The van der Waals surface area contributed by atoms with Crippen LogP contribution >= 0.6 is 0 Å². The average molecular weight is 379 g/mol. The lowest BCUT2D eigenvalue weighted by molar-refractivity contribution is -0.132. The number of carboxylic acid groups (broad SMARTS) is 1. The van der Waals surface area contributed by atoms with E-state index in [0.29, 0.717) is 13.1 Å². The lowest BCUT2D eigenvalue weighted by atomic mass is 9.92. The van der Waals surface area contributed by atoms with Crippen molar-refractivity contribution in [2.75, 3.05) is 26.7 Å². The fourth-order valence-corrected chi connectivity index (χ4v) is 4.00. The molecule has 0 fully saturated rings. The molecule has 0 spiro atoms. The van der Waals surface area contributed by atoms with E-state index in [0.717, 1.165) is 22.5 Å². The van der Waals surface area contributed by atoms with Crippen LogP contribution in [0.25, 0.3) is 0 Å². The van der Waals surface area contributed by atoms with Crippen molar-refractivity contribution in [1.82, 2.24) is 14.8 Å². The van der Waals surface area contributed by atoms with E-state index in [1.165, 1.54) is 6.20 Å². The first-order chi connectivity index (χ1) is 13.5. The molecule has 0 aliphatic carbocycles. The maximum Gasteiger partial charge on any atom is 0.337 e. The van der Waals surface area contributed by atoms with Crippen molar-refractivity contribution in [1.29, 1.82) is 0 Å². The average Bonchev–Trinajstić information content (AvgIpc) is 3.09. The van der Waals surface area contributed by atoms with Gasteiger partial charge in [-0.3, -0.25) is 9.78 Å². The highest BCUT2D eigenvalue weighted by atomic mass is 16.4. The highest BCUT2D eigenvalue weighted by Crippen LogP contribution is 2.45. The van der Waals surface area contributed by atoms with Crippen molar-refractivity contribution in [2.45, 2.75) is 12.0 Å². The van der Waals surface area contributed by atoms with Gasteiger partial charge in [0.15, 0.2) is 0 Å². The summed E-state index contributed by atoms with van der Waals surface area (Å²) in [6.45, 7) is 0.772. The van der Waals surface area contributed by atoms with Crippen molar-refractivity contribution >= 4 is 11.9 Å². The molecular formula is C21H21N3O4. The minimum absolute atomic E-state index is 0.0556. The number of carboxylic acids is 1. The number of hydrogen-bond acceptors (Lipinski definition) is 5. The van der Waals surface area contributed by atoms with E-state index < -0.39 is 11.9 Å². The van der Waals surface area contributed by atoms with Gasteiger partial charge in [-0.2, -0.15) is 0 Å². The van der Waals surface area contributed by atoms with E-state index in [1.807, 2.05) is 37.4 Å². The number of carbonyl (C=O) groups excluding carboxylic acids is 1. The van der Waals surface area contributed by atoms with Crippen LogP contribution in [0.2, 0.25) is 0 Å². The van der Waals surface area contributed by atoms with Gasteiger partial charge in [-0.05, 0) is 23.3 Å². The molecule has 28 heavy (non-hydrogen) atoms. The summed E-state index contributed by atoms with van der Waals surface area (Å²) in [5.41, 5.74) is 3.93. The molecule has 0 bridgehead atoms. The van der Waals surface area contributed by atoms with E-state index >= 15 is 0 Å². The summed E-state index contributed by atoms with van der Waals surface area (Å²) in [5.74, 6) is -1.67. The largest absolute Gasteiger partial charge is 0.478 e. The van der Waals surface area contributed by atoms with Gasteiger partial charge in [-0.25, -0.2) is 4.79 Å². The van der Waals surface area contributed by atoms with Crippen LogP contribution in [0.4, 0.5) is 0 Å². The minimum Gasteiger partial charge on any atom is -0.478 e. The fourth-order valence-electron chi connectivity index (χ4n) is 4.00. The Morgan fingerprint density at radius 1 is 1.18 bits per heavy atom. The Morgan fingerprint density at radius 3 is 2.54 bits per heavy atom. The zero-order chi connectivity index (χ0) is 19.8. The molecular weight excluding hydrogens is 358 g/mol. The molecule has 0 saturated carbocycles. The third kappa shape index (κ3) is 2.93. The molecule has 2 N–H and O–H groups in total. The molecule has 4 rings (SSSR count). The Bertz CT molecular complexity index is 940. The number of aromatic carboxylic acids is 1. The van der Waals surface area contributed by atoms with Gasteiger partial charge in [-0.1, -0.05) is 30.3 Å². The molecule has 7 nitrogen and oxygen atoms in total. The van der Waals surface area contributed by atoms with Gasteiger partial charge in [0.1, 0.15) is 0 Å². The number of rotatable bonds is 5. The molecule has 7 heteroatoms. The van der Waals surface area contributed by atoms with Crippen LogP contribution in [-0.2, 0) is 4.79 Å². The van der Waals surface area contributed by atoms with E-state index in [4.69, 9.17) is 5.11 Å². The number of aromatic nitrogens is 1. The smallest absolute Gasteiger partial charge is 0.337 e. The van der Waals surface area contributed by atoms with Gasteiger partial charge in [-0.15, -0.1) is 0 Å². The molecule has 1 aromatic heterocycles. The summed E-state index contributed by atoms with van der Waals surface area (Å²) in [6, 6.07) is 12.5. The summed E-state index contributed by atoms with van der Waals surface area (Å²) in [7, 11) is 1.95. The predicted octanol–water partition coefficient (Wildman–Crippen LogP) is 1.64. The number of benzene rings is 1. The second-order valence-electron chi connectivity index (χ2n) is 7.10. The van der Waals surface area contributed by atoms with Crippen LogP contribution in [0.3, 0.4) is 0 Å². The number of nitrogens with zero attached hydrogens (tertiary/aromatic N) is 3. The Kier molecular flexibility index (Phi) is 4.60. The van der Waals surface area contributed by atoms with Gasteiger partial charge in [0.25, 0.3) is 0 Å². The first-order valence-corrected chi connectivity index (χ1v) is 9.10. The number of hydrogen-bond donors (Lipinski definition) is 2. The van der Waals surface area contributed by atoms with E-state index in [9.17, 15) is 14.7 Å². The van der Waals surface area contributed by atoms with E-state index in [1.54, 1.807) is 17.0 Å². The van der Waals surface area contributed by atoms with Crippen molar-refractivity contribution < 1.29 is 19.8 Å². The van der Waals surface area contributed by atoms with Crippen LogP contribution in [0.5, 0.6) is 0 Å². The molecule has 3 heterocycles. The lowest BCUT2D eigenvalue weighted by Crippen LogP contribution is -2.37. The standard InChI is InChI=1S/C21H21N3O4/c1-23-18-11-24(20(26)16(12-25)13-5-3-2-4-6-13)10-15(18)19(23)17-8-7-14(9-22-17)21(27)28/h2-9,16,19,25H,10-12H2,1H3,(H,27,28). The van der Waals surface area contributed by atoms with Crippen molar-refractivity contribution in [3.8, 4) is 0 Å². The quantitative estimate of drug-likeness (QED) is 0.820. The maximum atomic E-state index is 13.0. The number of carbonyl (C=O) groups is 2.